The summed E-state index contributed by atoms with van der Waals surface area (Å²) in [5.74, 6) is 0. The molecule has 0 aromatic heterocycles. The molecule has 1 saturated heterocycles. The fraction of sp³-hybridized carbons (Fsp3) is 0.500. The Balaban J connectivity index is 1.94. The van der Waals surface area contributed by atoms with Gasteiger partial charge >= 0.3 is 0 Å². The van der Waals surface area contributed by atoms with Gasteiger partial charge in [0.05, 0.1) is 24.9 Å². The summed E-state index contributed by atoms with van der Waals surface area (Å²) in [6, 6.07) is 7.97. The SMILES string of the molecule is N#Cc1ccc(N2CCC(OCCO)CC2)cc1Br. The number of hydrogen-bond acceptors (Lipinski definition) is 4. The predicted molar refractivity (Wildman–Crippen MR) is 77.1 cm³/mol. The maximum Gasteiger partial charge on any atom is 0.100 e. The highest BCUT2D eigenvalue weighted by Gasteiger charge is 2.20. The van der Waals surface area contributed by atoms with Crippen LogP contribution < -0.4 is 4.90 Å². The van der Waals surface area contributed by atoms with Crippen LogP contribution in [0.4, 0.5) is 5.69 Å². The molecule has 5 heteroatoms. The molecule has 0 bridgehead atoms. The van der Waals surface area contributed by atoms with E-state index in [-0.39, 0.29) is 12.7 Å². The lowest BCUT2D eigenvalue weighted by Gasteiger charge is -2.33. The first kappa shape index (κ1) is 14.3. The smallest absolute Gasteiger partial charge is 0.100 e. The summed E-state index contributed by atoms with van der Waals surface area (Å²) >= 11 is 3.42. The molecule has 102 valence electrons. The minimum atomic E-state index is 0.0861. The lowest BCUT2D eigenvalue weighted by molar-refractivity contribution is 0.0159. The molecule has 2 rings (SSSR count). The monoisotopic (exact) mass is 324 g/mol. The molecule has 1 aromatic rings. The van der Waals surface area contributed by atoms with Crippen LogP contribution in [0.5, 0.6) is 0 Å². The molecule has 1 aliphatic rings. The van der Waals surface area contributed by atoms with Gasteiger partial charge in [0, 0.05) is 23.2 Å². The van der Waals surface area contributed by atoms with E-state index >= 15 is 0 Å². The van der Waals surface area contributed by atoms with Gasteiger partial charge in [-0.05, 0) is 47.0 Å². The minimum Gasteiger partial charge on any atom is -0.394 e. The fourth-order valence-corrected chi connectivity index (χ4v) is 2.75. The Labute approximate surface area is 121 Å². The van der Waals surface area contributed by atoms with Crippen molar-refractivity contribution in [3.63, 3.8) is 0 Å². The summed E-state index contributed by atoms with van der Waals surface area (Å²) in [4.78, 5) is 2.30. The van der Waals surface area contributed by atoms with Crippen LogP contribution in [0.3, 0.4) is 0 Å². The van der Waals surface area contributed by atoms with Gasteiger partial charge in [0.15, 0.2) is 0 Å². The maximum atomic E-state index is 8.91. The molecular formula is C14H17BrN2O2. The molecule has 1 aliphatic heterocycles. The zero-order valence-electron chi connectivity index (χ0n) is 10.7. The van der Waals surface area contributed by atoms with E-state index < -0.39 is 0 Å². The number of anilines is 1. The van der Waals surface area contributed by atoms with Gasteiger partial charge in [-0.2, -0.15) is 5.26 Å². The Morgan fingerprint density at radius 3 is 2.74 bits per heavy atom. The first-order chi connectivity index (χ1) is 9.24. The third-order valence-electron chi connectivity index (χ3n) is 3.33. The Morgan fingerprint density at radius 2 is 2.16 bits per heavy atom. The summed E-state index contributed by atoms with van der Waals surface area (Å²) in [5.41, 5.74) is 1.79. The van der Waals surface area contributed by atoms with E-state index in [9.17, 15) is 0 Å². The zero-order chi connectivity index (χ0) is 13.7. The van der Waals surface area contributed by atoms with Crippen LogP contribution in [-0.4, -0.2) is 37.5 Å². The Bertz CT molecular complexity index is 465. The largest absolute Gasteiger partial charge is 0.394 e. The van der Waals surface area contributed by atoms with Crippen molar-refractivity contribution in [2.45, 2.75) is 18.9 Å². The lowest BCUT2D eigenvalue weighted by Crippen LogP contribution is -2.37. The Hall–Kier alpha value is -1.09. The van der Waals surface area contributed by atoms with Crippen LogP contribution in [0, 0.1) is 11.3 Å². The molecule has 1 N–H and O–H groups in total. The average molecular weight is 325 g/mol. The lowest BCUT2D eigenvalue weighted by atomic mass is 10.1. The van der Waals surface area contributed by atoms with Crippen LogP contribution in [0.25, 0.3) is 0 Å². The number of hydrogen-bond donors (Lipinski definition) is 1. The quantitative estimate of drug-likeness (QED) is 0.923. The third kappa shape index (κ3) is 3.69. The number of aliphatic hydroxyl groups excluding tert-OH is 1. The number of rotatable bonds is 4. The number of benzene rings is 1. The first-order valence-corrected chi connectivity index (χ1v) is 7.21. The van der Waals surface area contributed by atoms with Gasteiger partial charge in [-0.25, -0.2) is 0 Å². The van der Waals surface area contributed by atoms with E-state index in [1.807, 2.05) is 18.2 Å². The van der Waals surface area contributed by atoms with Gasteiger partial charge in [0.25, 0.3) is 0 Å². The van der Waals surface area contributed by atoms with E-state index in [1.165, 1.54) is 0 Å². The number of nitrogens with zero attached hydrogens (tertiary/aromatic N) is 2. The molecule has 1 heterocycles. The highest BCUT2D eigenvalue weighted by molar-refractivity contribution is 9.10. The van der Waals surface area contributed by atoms with E-state index in [0.717, 1.165) is 36.1 Å². The first-order valence-electron chi connectivity index (χ1n) is 6.41. The average Bonchev–Trinajstić information content (AvgIpc) is 2.45. The zero-order valence-corrected chi connectivity index (χ0v) is 12.3. The minimum absolute atomic E-state index is 0.0861. The molecule has 1 aromatic carbocycles. The van der Waals surface area contributed by atoms with Crippen LogP contribution in [0.2, 0.25) is 0 Å². The number of nitriles is 1. The van der Waals surface area contributed by atoms with Crippen LogP contribution >= 0.6 is 15.9 Å². The highest BCUT2D eigenvalue weighted by atomic mass is 79.9. The van der Waals surface area contributed by atoms with Crippen molar-refractivity contribution in [1.29, 1.82) is 5.26 Å². The molecule has 0 unspecified atom stereocenters. The predicted octanol–water partition coefficient (Wildman–Crippen LogP) is 2.30. The van der Waals surface area contributed by atoms with Gasteiger partial charge in [0.1, 0.15) is 6.07 Å². The number of ether oxygens (including phenoxy) is 1. The Morgan fingerprint density at radius 1 is 1.42 bits per heavy atom. The second-order valence-electron chi connectivity index (χ2n) is 4.56. The molecule has 1 fully saturated rings. The van der Waals surface area contributed by atoms with Gasteiger partial charge in [0.2, 0.25) is 0 Å². The highest BCUT2D eigenvalue weighted by Crippen LogP contribution is 2.26. The summed E-state index contributed by atoms with van der Waals surface area (Å²) in [7, 11) is 0. The van der Waals surface area contributed by atoms with Crippen molar-refractivity contribution >= 4 is 21.6 Å². The van der Waals surface area contributed by atoms with Gasteiger partial charge in [-0.1, -0.05) is 0 Å². The summed E-state index contributed by atoms with van der Waals surface area (Å²) in [6.45, 7) is 2.39. The van der Waals surface area contributed by atoms with E-state index in [4.69, 9.17) is 15.1 Å². The van der Waals surface area contributed by atoms with Crippen molar-refractivity contribution in [3.8, 4) is 6.07 Å². The second kappa shape index (κ2) is 6.90. The van der Waals surface area contributed by atoms with E-state index in [1.54, 1.807) is 0 Å². The standard InChI is InChI=1S/C14H17BrN2O2/c15-14-9-12(2-1-11(14)10-16)17-5-3-13(4-6-17)19-8-7-18/h1-2,9,13,18H,3-8H2. The van der Waals surface area contributed by atoms with Gasteiger partial charge < -0.3 is 14.7 Å². The molecule has 0 saturated carbocycles. The molecular weight excluding hydrogens is 308 g/mol. The number of halogens is 1. The fourth-order valence-electron chi connectivity index (χ4n) is 2.29. The number of aliphatic hydroxyl groups is 1. The van der Waals surface area contributed by atoms with Crippen LogP contribution in [-0.2, 0) is 4.74 Å². The molecule has 0 amide bonds. The molecule has 0 atom stereocenters. The topological polar surface area (TPSA) is 56.5 Å². The van der Waals surface area contributed by atoms with Crippen molar-refractivity contribution < 1.29 is 9.84 Å². The molecule has 0 spiro atoms. The summed E-state index contributed by atoms with van der Waals surface area (Å²) in [6.07, 6.45) is 2.19. The van der Waals surface area contributed by atoms with E-state index in [2.05, 4.69) is 26.9 Å². The molecule has 0 aliphatic carbocycles. The van der Waals surface area contributed by atoms with Crippen molar-refractivity contribution in [3.05, 3.63) is 28.2 Å². The van der Waals surface area contributed by atoms with Gasteiger partial charge in [-0.15, -0.1) is 0 Å². The molecule has 19 heavy (non-hydrogen) atoms. The maximum absolute atomic E-state index is 8.91. The normalized spacial score (nSPS) is 16.4. The molecule has 4 nitrogen and oxygen atoms in total. The Kier molecular flexibility index (Phi) is 5.20. The van der Waals surface area contributed by atoms with Gasteiger partial charge in [-0.3, -0.25) is 0 Å². The van der Waals surface area contributed by atoms with Crippen LogP contribution in [0.15, 0.2) is 22.7 Å². The van der Waals surface area contributed by atoms with Crippen LogP contribution in [0.1, 0.15) is 18.4 Å². The van der Waals surface area contributed by atoms with Crippen molar-refractivity contribution in [2.24, 2.45) is 0 Å². The third-order valence-corrected chi connectivity index (χ3v) is 3.98. The molecule has 0 radical (unpaired) electrons. The van der Waals surface area contributed by atoms with E-state index in [0.29, 0.717) is 12.2 Å². The van der Waals surface area contributed by atoms with Crippen molar-refractivity contribution in [1.82, 2.24) is 0 Å². The summed E-state index contributed by atoms with van der Waals surface area (Å²) < 4.78 is 6.39. The second-order valence-corrected chi connectivity index (χ2v) is 5.41. The number of piperidine rings is 1. The summed E-state index contributed by atoms with van der Waals surface area (Å²) in [5, 5.41) is 17.6. The van der Waals surface area contributed by atoms with Crippen molar-refractivity contribution in [2.75, 3.05) is 31.2 Å².